The SMILES string of the molecule is CCN(CC)S(=O)(=O)c1cccc(C(=O)NCC(=O)N2CCC(c3nc(C)no3)CC2)c1. The van der Waals surface area contributed by atoms with Gasteiger partial charge in [-0.25, -0.2) is 8.42 Å². The van der Waals surface area contributed by atoms with Crippen LogP contribution in [0.15, 0.2) is 33.7 Å². The number of nitrogens with one attached hydrogen (secondary N) is 1. The van der Waals surface area contributed by atoms with Crippen LogP contribution < -0.4 is 5.32 Å². The first-order valence-corrected chi connectivity index (χ1v) is 12.2. The number of amides is 2. The highest BCUT2D eigenvalue weighted by Gasteiger charge is 2.27. The molecule has 11 heteroatoms. The summed E-state index contributed by atoms with van der Waals surface area (Å²) in [5, 5.41) is 6.41. The van der Waals surface area contributed by atoms with Crippen molar-refractivity contribution in [3.05, 3.63) is 41.5 Å². The topological polar surface area (TPSA) is 126 Å². The Bertz CT molecular complexity index is 1060. The molecule has 1 aromatic carbocycles. The summed E-state index contributed by atoms with van der Waals surface area (Å²) in [6.45, 7) is 6.89. The van der Waals surface area contributed by atoms with Crippen molar-refractivity contribution in [3.63, 3.8) is 0 Å². The maximum Gasteiger partial charge on any atom is 0.251 e. The van der Waals surface area contributed by atoms with Crippen LogP contribution in [0.2, 0.25) is 0 Å². The number of hydrogen-bond acceptors (Lipinski definition) is 7. The molecule has 1 aliphatic heterocycles. The molecule has 0 bridgehead atoms. The van der Waals surface area contributed by atoms with Crippen LogP contribution in [-0.2, 0) is 14.8 Å². The molecule has 0 unspecified atom stereocenters. The van der Waals surface area contributed by atoms with Crippen LogP contribution in [0.5, 0.6) is 0 Å². The molecular formula is C21H29N5O5S. The van der Waals surface area contributed by atoms with Crippen molar-refractivity contribution < 1.29 is 22.5 Å². The van der Waals surface area contributed by atoms with E-state index >= 15 is 0 Å². The third-order valence-corrected chi connectivity index (χ3v) is 7.63. The van der Waals surface area contributed by atoms with Crippen LogP contribution in [0.3, 0.4) is 0 Å². The second-order valence-electron chi connectivity index (χ2n) is 7.63. The van der Waals surface area contributed by atoms with Crippen molar-refractivity contribution in [3.8, 4) is 0 Å². The molecule has 2 amide bonds. The Morgan fingerprint density at radius 2 is 1.91 bits per heavy atom. The summed E-state index contributed by atoms with van der Waals surface area (Å²) < 4.78 is 31.9. The number of aryl methyl sites for hydroxylation is 1. The largest absolute Gasteiger partial charge is 0.343 e. The number of aromatic nitrogens is 2. The molecule has 1 aliphatic rings. The van der Waals surface area contributed by atoms with E-state index in [0.717, 1.165) is 0 Å². The fourth-order valence-electron chi connectivity index (χ4n) is 3.73. The van der Waals surface area contributed by atoms with Gasteiger partial charge in [0.15, 0.2) is 5.82 Å². The molecule has 0 atom stereocenters. The summed E-state index contributed by atoms with van der Waals surface area (Å²) in [6, 6.07) is 5.85. The molecule has 0 aliphatic carbocycles. The average molecular weight is 464 g/mol. The summed E-state index contributed by atoms with van der Waals surface area (Å²) in [7, 11) is -3.67. The first-order chi connectivity index (χ1) is 15.3. The van der Waals surface area contributed by atoms with Crippen LogP contribution in [0.1, 0.15) is 54.7 Å². The summed E-state index contributed by atoms with van der Waals surface area (Å²) in [6.07, 6.45) is 1.43. The first-order valence-electron chi connectivity index (χ1n) is 10.7. The minimum Gasteiger partial charge on any atom is -0.343 e. The maximum absolute atomic E-state index is 12.7. The smallest absolute Gasteiger partial charge is 0.251 e. The van der Waals surface area contributed by atoms with E-state index < -0.39 is 15.9 Å². The minimum absolute atomic E-state index is 0.0542. The standard InChI is InChI=1S/C21H29N5O5S/c1-4-26(5-2)32(29,30)18-8-6-7-17(13-18)20(28)22-14-19(27)25-11-9-16(10-12-25)21-23-15(3)24-31-21/h6-8,13,16H,4-5,9-12,14H2,1-3H3,(H,22,28). The number of benzene rings is 1. The molecule has 1 N–H and O–H groups in total. The monoisotopic (exact) mass is 463 g/mol. The van der Waals surface area contributed by atoms with E-state index in [1.54, 1.807) is 25.7 Å². The zero-order valence-corrected chi connectivity index (χ0v) is 19.4. The van der Waals surface area contributed by atoms with Crippen molar-refractivity contribution in [2.45, 2.75) is 44.4 Å². The second-order valence-corrected chi connectivity index (χ2v) is 9.57. The third kappa shape index (κ3) is 5.33. The molecule has 1 aromatic heterocycles. The number of likely N-dealkylation sites (tertiary alicyclic amines) is 1. The van der Waals surface area contributed by atoms with Gasteiger partial charge < -0.3 is 14.7 Å². The van der Waals surface area contributed by atoms with E-state index in [1.165, 1.54) is 28.6 Å². The highest BCUT2D eigenvalue weighted by Crippen LogP contribution is 2.26. The van der Waals surface area contributed by atoms with Gasteiger partial charge in [0, 0.05) is 37.7 Å². The minimum atomic E-state index is -3.67. The lowest BCUT2D eigenvalue weighted by atomic mass is 9.97. The molecule has 0 spiro atoms. The lowest BCUT2D eigenvalue weighted by molar-refractivity contribution is -0.131. The van der Waals surface area contributed by atoms with E-state index in [2.05, 4.69) is 15.5 Å². The normalized spacial score (nSPS) is 15.2. The summed E-state index contributed by atoms with van der Waals surface area (Å²) in [5.41, 5.74) is 0.191. The summed E-state index contributed by atoms with van der Waals surface area (Å²) >= 11 is 0. The second kappa shape index (κ2) is 10.2. The maximum atomic E-state index is 12.7. The van der Waals surface area contributed by atoms with E-state index in [1.807, 2.05) is 0 Å². The Morgan fingerprint density at radius 3 is 2.50 bits per heavy atom. The van der Waals surface area contributed by atoms with E-state index in [9.17, 15) is 18.0 Å². The lowest BCUT2D eigenvalue weighted by Crippen LogP contribution is -2.43. The van der Waals surface area contributed by atoms with Crippen LogP contribution >= 0.6 is 0 Å². The number of carbonyl (C=O) groups excluding carboxylic acids is 2. The van der Waals surface area contributed by atoms with Gasteiger partial charge in [0.25, 0.3) is 5.91 Å². The lowest BCUT2D eigenvalue weighted by Gasteiger charge is -2.30. The summed E-state index contributed by atoms with van der Waals surface area (Å²) in [4.78, 5) is 31.1. The number of nitrogens with zero attached hydrogens (tertiary/aromatic N) is 4. The number of hydrogen-bond donors (Lipinski definition) is 1. The van der Waals surface area contributed by atoms with Crippen molar-refractivity contribution in [2.75, 3.05) is 32.7 Å². The number of rotatable bonds is 8. The Hall–Kier alpha value is -2.79. The molecule has 0 saturated carbocycles. The van der Waals surface area contributed by atoms with E-state index in [-0.39, 0.29) is 28.8 Å². The van der Waals surface area contributed by atoms with Crippen molar-refractivity contribution in [1.82, 2.24) is 24.7 Å². The number of sulfonamides is 1. The molecule has 32 heavy (non-hydrogen) atoms. The van der Waals surface area contributed by atoms with Gasteiger partial charge in [-0.05, 0) is 38.0 Å². The zero-order chi connectivity index (χ0) is 23.3. The molecule has 0 radical (unpaired) electrons. The van der Waals surface area contributed by atoms with Crippen molar-refractivity contribution >= 4 is 21.8 Å². The van der Waals surface area contributed by atoms with Gasteiger partial charge in [-0.2, -0.15) is 9.29 Å². The predicted octanol–water partition coefficient (Wildman–Crippen LogP) is 1.54. The predicted molar refractivity (Wildman–Crippen MR) is 116 cm³/mol. The molecule has 10 nitrogen and oxygen atoms in total. The van der Waals surface area contributed by atoms with Gasteiger partial charge in [-0.3, -0.25) is 9.59 Å². The Morgan fingerprint density at radius 1 is 1.22 bits per heavy atom. The molecule has 2 aromatic rings. The fourth-order valence-corrected chi connectivity index (χ4v) is 5.24. The molecule has 1 saturated heterocycles. The van der Waals surface area contributed by atoms with Crippen LogP contribution in [0.25, 0.3) is 0 Å². The highest BCUT2D eigenvalue weighted by atomic mass is 32.2. The van der Waals surface area contributed by atoms with Gasteiger partial charge in [0.05, 0.1) is 11.4 Å². The first kappa shape index (κ1) is 23.9. The zero-order valence-electron chi connectivity index (χ0n) is 18.6. The molecule has 1 fully saturated rings. The Balaban J connectivity index is 1.55. The molecule has 3 rings (SSSR count). The van der Waals surface area contributed by atoms with Crippen molar-refractivity contribution in [1.29, 1.82) is 0 Å². The number of carbonyl (C=O) groups is 2. The summed E-state index contributed by atoms with van der Waals surface area (Å²) in [5.74, 6) is 0.638. The third-order valence-electron chi connectivity index (χ3n) is 5.58. The van der Waals surface area contributed by atoms with Gasteiger partial charge in [-0.15, -0.1) is 0 Å². The average Bonchev–Trinajstić information content (AvgIpc) is 3.24. The Labute approximate surface area is 188 Å². The molecule has 2 heterocycles. The van der Waals surface area contributed by atoms with E-state index in [0.29, 0.717) is 50.7 Å². The van der Waals surface area contributed by atoms with Gasteiger partial charge in [0.2, 0.25) is 21.8 Å². The van der Waals surface area contributed by atoms with Gasteiger partial charge >= 0.3 is 0 Å². The van der Waals surface area contributed by atoms with Crippen molar-refractivity contribution in [2.24, 2.45) is 0 Å². The fraction of sp³-hybridized carbons (Fsp3) is 0.524. The van der Waals surface area contributed by atoms with Gasteiger partial charge in [0.1, 0.15) is 0 Å². The Kier molecular flexibility index (Phi) is 7.62. The molecular weight excluding hydrogens is 434 g/mol. The highest BCUT2D eigenvalue weighted by molar-refractivity contribution is 7.89. The van der Waals surface area contributed by atoms with Crippen LogP contribution in [-0.4, -0.2) is 72.3 Å². The number of piperidine rings is 1. The van der Waals surface area contributed by atoms with Gasteiger partial charge in [-0.1, -0.05) is 25.1 Å². The van der Waals surface area contributed by atoms with Crippen LogP contribution in [0.4, 0.5) is 0 Å². The molecule has 174 valence electrons. The van der Waals surface area contributed by atoms with Crippen LogP contribution in [0, 0.1) is 6.92 Å². The quantitative estimate of drug-likeness (QED) is 0.629. The van der Waals surface area contributed by atoms with E-state index in [4.69, 9.17) is 4.52 Å².